The van der Waals surface area contributed by atoms with Gasteiger partial charge in [0.2, 0.25) is 11.8 Å². The van der Waals surface area contributed by atoms with Crippen molar-refractivity contribution in [3.8, 4) is 0 Å². The van der Waals surface area contributed by atoms with Crippen LogP contribution in [0.1, 0.15) is 13.8 Å². The van der Waals surface area contributed by atoms with Gasteiger partial charge in [-0.2, -0.15) is 0 Å². The van der Waals surface area contributed by atoms with Crippen LogP contribution in [0, 0.1) is 5.92 Å². The average Bonchev–Trinajstić information content (AvgIpc) is 2.56. The second-order valence-corrected chi connectivity index (χ2v) is 6.96. The van der Waals surface area contributed by atoms with Gasteiger partial charge in [-0.1, -0.05) is 32.0 Å². The van der Waals surface area contributed by atoms with Crippen LogP contribution in [0.4, 0.5) is 5.69 Å². The topological polar surface area (TPSA) is 58.6 Å². The first-order chi connectivity index (χ1) is 11.1. The third kappa shape index (κ3) is 5.55. The highest BCUT2D eigenvalue weighted by molar-refractivity contribution is 8.01. The van der Waals surface area contributed by atoms with Crippen molar-refractivity contribution in [1.29, 1.82) is 0 Å². The Morgan fingerprint density at radius 3 is 2.48 bits per heavy atom. The van der Waals surface area contributed by atoms with Gasteiger partial charge in [-0.3, -0.25) is 9.59 Å². The van der Waals surface area contributed by atoms with Crippen LogP contribution < -0.4 is 5.32 Å². The Balaban J connectivity index is 1.86. The lowest BCUT2D eigenvalue weighted by Gasteiger charge is -2.31. The maximum absolute atomic E-state index is 12.6. The summed E-state index contributed by atoms with van der Waals surface area (Å²) in [5.74, 6) is 0.482. The first-order valence-electron chi connectivity index (χ1n) is 7.91. The van der Waals surface area contributed by atoms with Crippen LogP contribution in [0.25, 0.3) is 0 Å². The van der Waals surface area contributed by atoms with E-state index in [1.165, 1.54) is 11.8 Å². The molecule has 6 heteroatoms. The van der Waals surface area contributed by atoms with Gasteiger partial charge < -0.3 is 15.0 Å². The summed E-state index contributed by atoms with van der Waals surface area (Å²) in [6.07, 6.45) is 0. The van der Waals surface area contributed by atoms with Crippen LogP contribution in [-0.2, 0) is 14.3 Å². The summed E-state index contributed by atoms with van der Waals surface area (Å²) >= 11 is 1.41. The maximum Gasteiger partial charge on any atom is 0.236 e. The molecule has 126 valence electrons. The molecule has 1 atom stereocenters. The zero-order valence-electron chi connectivity index (χ0n) is 13.7. The van der Waals surface area contributed by atoms with Gasteiger partial charge in [0.15, 0.2) is 0 Å². The molecule has 1 aromatic rings. The molecule has 1 saturated heterocycles. The lowest BCUT2D eigenvalue weighted by Crippen LogP contribution is -2.46. The van der Waals surface area contributed by atoms with Gasteiger partial charge in [-0.25, -0.2) is 0 Å². The summed E-state index contributed by atoms with van der Waals surface area (Å²) in [6, 6.07) is 9.35. The number of anilines is 1. The van der Waals surface area contributed by atoms with Crippen LogP contribution >= 0.6 is 11.8 Å². The smallest absolute Gasteiger partial charge is 0.236 e. The van der Waals surface area contributed by atoms with E-state index in [4.69, 9.17) is 4.74 Å². The Hall–Kier alpha value is -1.53. The number of carbonyl (C=O) groups excluding carboxylic acids is 2. The molecule has 2 rings (SSSR count). The zero-order valence-corrected chi connectivity index (χ0v) is 14.5. The van der Waals surface area contributed by atoms with Crippen molar-refractivity contribution in [2.75, 3.05) is 37.4 Å². The summed E-state index contributed by atoms with van der Waals surface area (Å²) in [4.78, 5) is 26.5. The van der Waals surface area contributed by atoms with Crippen molar-refractivity contribution >= 4 is 29.3 Å². The minimum atomic E-state index is -0.199. The molecule has 1 heterocycles. The molecule has 0 saturated carbocycles. The van der Waals surface area contributed by atoms with E-state index in [0.29, 0.717) is 26.3 Å². The highest BCUT2D eigenvalue weighted by atomic mass is 32.2. The minimum Gasteiger partial charge on any atom is -0.378 e. The van der Waals surface area contributed by atoms with Crippen LogP contribution in [0.15, 0.2) is 30.3 Å². The van der Waals surface area contributed by atoms with Gasteiger partial charge >= 0.3 is 0 Å². The Morgan fingerprint density at radius 1 is 1.22 bits per heavy atom. The molecule has 1 unspecified atom stereocenters. The molecule has 23 heavy (non-hydrogen) atoms. The number of amides is 2. The predicted octanol–water partition coefficient (Wildman–Crippen LogP) is 2.24. The molecule has 0 radical (unpaired) electrons. The van der Waals surface area contributed by atoms with Gasteiger partial charge in [0.1, 0.15) is 0 Å². The van der Waals surface area contributed by atoms with E-state index in [-0.39, 0.29) is 28.7 Å². The van der Waals surface area contributed by atoms with E-state index in [1.54, 1.807) is 0 Å². The molecule has 0 spiro atoms. The number of hydrogen-bond acceptors (Lipinski definition) is 4. The third-order valence-corrected chi connectivity index (χ3v) is 5.16. The van der Waals surface area contributed by atoms with Crippen LogP contribution in [0.3, 0.4) is 0 Å². The van der Waals surface area contributed by atoms with E-state index in [1.807, 2.05) is 49.1 Å². The SMILES string of the molecule is CC(C)C(SCC(=O)Nc1ccccc1)C(=O)N1CCOCC1. The van der Waals surface area contributed by atoms with Crippen molar-refractivity contribution < 1.29 is 14.3 Å². The summed E-state index contributed by atoms with van der Waals surface area (Å²) in [5.41, 5.74) is 0.777. The maximum atomic E-state index is 12.6. The van der Waals surface area contributed by atoms with E-state index in [0.717, 1.165) is 5.69 Å². The summed E-state index contributed by atoms with van der Waals surface area (Å²) < 4.78 is 5.29. The number of ether oxygens (including phenoxy) is 1. The number of nitrogens with zero attached hydrogens (tertiary/aromatic N) is 1. The summed E-state index contributed by atoms with van der Waals surface area (Å²) in [7, 11) is 0. The van der Waals surface area contributed by atoms with Crippen molar-refractivity contribution in [2.24, 2.45) is 5.92 Å². The molecule has 1 aliphatic heterocycles. The van der Waals surface area contributed by atoms with Gasteiger partial charge in [0.05, 0.1) is 24.2 Å². The molecule has 0 bridgehead atoms. The number of benzene rings is 1. The fourth-order valence-electron chi connectivity index (χ4n) is 2.40. The molecule has 1 fully saturated rings. The lowest BCUT2D eigenvalue weighted by molar-refractivity contribution is -0.135. The van der Waals surface area contributed by atoms with E-state index < -0.39 is 0 Å². The summed E-state index contributed by atoms with van der Waals surface area (Å²) in [6.45, 7) is 6.50. The number of hydrogen-bond donors (Lipinski definition) is 1. The molecule has 0 aliphatic carbocycles. The Morgan fingerprint density at radius 2 is 1.87 bits per heavy atom. The first-order valence-corrected chi connectivity index (χ1v) is 8.96. The zero-order chi connectivity index (χ0) is 16.7. The number of para-hydroxylation sites is 1. The number of thioether (sulfide) groups is 1. The minimum absolute atomic E-state index is 0.0818. The molecular formula is C17H24N2O3S. The molecule has 2 amide bonds. The standard InChI is InChI=1S/C17H24N2O3S/c1-13(2)16(17(21)19-8-10-22-11-9-19)23-12-15(20)18-14-6-4-3-5-7-14/h3-7,13,16H,8-12H2,1-2H3,(H,18,20). The van der Waals surface area contributed by atoms with Crippen molar-refractivity contribution in [2.45, 2.75) is 19.1 Å². The second-order valence-electron chi connectivity index (χ2n) is 5.83. The fourth-order valence-corrected chi connectivity index (χ4v) is 3.48. The number of nitrogens with one attached hydrogen (secondary N) is 1. The van der Waals surface area contributed by atoms with Crippen molar-refractivity contribution in [1.82, 2.24) is 4.90 Å². The Labute approximate surface area is 141 Å². The van der Waals surface area contributed by atoms with Crippen LogP contribution in [0.2, 0.25) is 0 Å². The Kier molecular flexibility index (Phi) is 6.92. The highest BCUT2D eigenvalue weighted by Gasteiger charge is 2.29. The van der Waals surface area contributed by atoms with Crippen molar-refractivity contribution in [3.63, 3.8) is 0 Å². The number of carbonyl (C=O) groups is 2. The fraction of sp³-hybridized carbons (Fsp3) is 0.529. The van der Waals surface area contributed by atoms with Gasteiger partial charge in [-0.05, 0) is 18.1 Å². The van der Waals surface area contributed by atoms with Gasteiger partial charge in [0.25, 0.3) is 0 Å². The van der Waals surface area contributed by atoms with Gasteiger partial charge in [-0.15, -0.1) is 11.8 Å². The molecule has 1 aromatic carbocycles. The predicted molar refractivity (Wildman–Crippen MR) is 93.6 cm³/mol. The largest absolute Gasteiger partial charge is 0.378 e. The normalized spacial score (nSPS) is 16.2. The quantitative estimate of drug-likeness (QED) is 0.865. The summed E-state index contributed by atoms with van der Waals surface area (Å²) in [5, 5.41) is 2.65. The monoisotopic (exact) mass is 336 g/mol. The lowest BCUT2D eigenvalue weighted by atomic mass is 10.1. The average molecular weight is 336 g/mol. The number of morpholine rings is 1. The van der Waals surface area contributed by atoms with E-state index in [9.17, 15) is 9.59 Å². The van der Waals surface area contributed by atoms with Crippen LogP contribution in [-0.4, -0.2) is 54.0 Å². The van der Waals surface area contributed by atoms with Gasteiger partial charge in [0, 0.05) is 18.8 Å². The molecule has 0 aromatic heterocycles. The van der Waals surface area contributed by atoms with E-state index >= 15 is 0 Å². The second kappa shape index (κ2) is 8.93. The molecule has 1 N–H and O–H groups in total. The third-order valence-electron chi connectivity index (χ3n) is 3.62. The number of rotatable bonds is 6. The van der Waals surface area contributed by atoms with Crippen LogP contribution in [0.5, 0.6) is 0 Å². The molecular weight excluding hydrogens is 312 g/mol. The van der Waals surface area contributed by atoms with E-state index in [2.05, 4.69) is 5.32 Å². The molecule has 5 nitrogen and oxygen atoms in total. The first kappa shape index (κ1) is 17.8. The molecule has 1 aliphatic rings. The Bertz CT molecular complexity index is 516. The van der Waals surface area contributed by atoms with Crippen molar-refractivity contribution in [3.05, 3.63) is 30.3 Å². The highest BCUT2D eigenvalue weighted by Crippen LogP contribution is 2.23.